The topological polar surface area (TPSA) is 69.0 Å². The Labute approximate surface area is 153 Å². The highest BCUT2D eigenvalue weighted by Gasteiger charge is 2.30. The van der Waals surface area contributed by atoms with Crippen LogP contribution in [0, 0.1) is 0 Å². The second-order valence-corrected chi connectivity index (χ2v) is 6.98. The van der Waals surface area contributed by atoms with E-state index in [-0.39, 0.29) is 6.04 Å². The van der Waals surface area contributed by atoms with E-state index < -0.39 is 6.10 Å². The van der Waals surface area contributed by atoms with Crippen molar-refractivity contribution >= 4 is 0 Å². The molecule has 4 rings (SSSR count). The normalized spacial score (nSPS) is 22.6. The van der Waals surface area contributed by atoms with Crippen molar-refractivity contribution in [2.75, 3.05) is 33.5 Å². The van der Waals surface area contributed by atoms with Gasteiger partial charge in [-0.25, -0.2) is 0 Å². The Morgan fingerprint density at radius 3 is 2.81 bits per heavy atom. The number of aliphatic hydroxyl groups excluding tert-OH is 1. The zero-order valence-electron chi connectivity index (χ0n) is 15.2. The Balaban J connectivity index is 1.60. The monoisotopic (exact) mass is 359 g/mol. The SMILES string of the molecule is CN(Cc1cn(C)nc1-c1ccc2c(c1)OCCCO2)[C@@H]1COC[C@H]1O. The maximum absolute atomic E-state index is 10.1. The Hall–Kier alpha value is -2.09. The van der Waals surface area contributed by atoms with Crippen LogP contribution < -0.4 is 9.47 Å². The predicted octanol–water partition coefficient (Wildman–Crippen LogP) is 1.44. The number of fused-ring (bicyclic) bond motifs is 1. The Morgan fingerprint density at radius 2 is 2.04 bits per heavy atom. The van der Waals surface area contributed by atoms with Gasteiger partial charge in [0, 0.05) is 37.3 Å². The fraction of sp³-hybridized carbons (Fsp3) is 0.526. The molecule has 0 radical (unpaired) electrons. The minimum Gasteiger partial charge on any atom is -0.490 e. The van der Waals surface area contributed by atoms with E-state index in [9.17, 15) is 5.11 Å². The van der Waals surface area contributed by atoms with E-state index in [0.29, 0.717) is 33.0 Å². The third kappa shape index (κ3) is 3.42. The Bertz CT molecular complexity index is 776. The van der Waals surface area contributed by atoms with Gasteiger partial charge in [0.1, 0.15) is 0 Å². The minimum absolute atomic E-state index is 0.00633. The first-order valence-corrected chi connectivity index (χ1v) is 9.00. The van der Waals surface area contributed by atoms with Gasteiger partial charge in [-0.1, -0.05) is 0 Å². The fourth-order valence-electron chi connectivity index (χ4n) is 3.55. The number of benzene rings is 1. The molecule has 1 aromatic carbocycles. The number of hydrogen-bond donors (Lipinski definition) is 1. The van der Waals surface area contributed by atoms with Gasteiger partial charge in [0.15, 0.2) is 11.5 Å². The van der Waals surface area contributed by atoms with Crippen LogP contribution in [-0.2, 0) is 18.3 Å². The molecule has 1 saturated heterocycles. The zero-order valence-corrected chi connectivity index (χ0v) is 15.2. The van der Waals surface area contributed by atoms with Crippen LogP contribution in [-0.4, -0.2) is 65.4 Å². The van der Waals surface area contributed by atoms with E-state index in [2.05, 4.69) is 10.00 Å². The van der Waals surface area contributed by atoms with E-state index in [1.165, 1.54) is 0 Å². The number of aromatic nitrogens is 2. The van der Waals surface area contributed by atoms with Crippen molar-refractivity contribution in [1.29, 1.82) is 0 Å². The molecule has 1 aromatic heterocycles. The maximum atomic E-state index is 10.1. The highest BCUT2D eigenvalue weighted by Crippen LogP contribution is 2.35. The molecule has 3 heterocycles. The van der Waals surface area contributed by atoms with Gasteiger partial charge in [0.2, 0.25) is 0 Å². The molecule has 0 bridgehead atoms. The standard InChI is InChI=1S/C19H25N3O4/c1-21(15-11-24-12-16(15)23)9-14-10-22(2)20-19(14)13-4-5-17-18(8-13)26-7-3-6-25-17/h4-5,8,10,15-16,23H,3,6-7,9,11-12H2,1-2H3/t15-,16-/m1/s1. The maximum Gasteiger partial charge on any atom is 0.161 e. The number of hydrogen-bond acceptors (Lipinski definition) is 6. The summed E-state index contributed by atoms with van der Waals surface area (Å²) >= 11 is 0. The molecule has 0 saturated carbocycles. The molecule has 26 heavy (non-hydrogen) atoms. The molecule has 7 nitrogen and oxygen atoms in total. The van der Waals surface area contributed by atoms with Crippen LogP contribution in [0.3, 0.4) is 0 Å². The van der Waals surface area contributed by atoms with E-state index in [0.717, 1.165) is 34.7 Å². The molecule has 1 fully saturated rings. The molecule has 2 aliphatic rings. The summed E-state index contributed by atoms with van der Waals surface area (Å²) in [6, 6.07) is 5.98. The minimum atomic E-state index is -0.446. The van der Waals surface area contributed by atoms with Crippen LogP contribution in [0.4, 0.5) is 0 Å². The van der Waals surface area contributed by atoms with Gasteiger partial charge < -0.3 is 19.3 Å². The zero-order chi connectivity index (χ0) is 18.1. The van der Waals surface area contributed by atoms with Gasteiger partial charge in [-0.3, -0.25) is 9.58 Å². The van der Waals surface area contributed by atoms with Gasteiger partial charge >= 0.3 is 0 Å². The summed E-state index contributed by atoms with van der Waals surface area (Å²) in [5.74, 6) is 1.55. The number of rotatable bonds is 4. The molecular formula is C19H25N3O4. The summed E-state index contributed by atoms with van der Waals surface area (Å²) in [6.07, 6.45) is 2.46. The first-order chi connectivity index (χ1) is 12.6. The van der Waals surface area contributed by atoms with E-state index in [1.807, 2.05) is 43.2 Å². The summed E-state index contributed by atoms with van der Waals surface area (Å²) in [6.45, 7) is 2.97. The highest BCUT2D eigenvalue weighted by molar-refractivity contribution is 5.66. The van der Waals surface area contributed by atoms with Crippen molar-refractivity contribution < 1.29 is 19.3 Å². The van der Waals surface area contributed by atoms with Gasteiger partial charge in [-0.2, -0.15) is 5.10 Å². The number of aliphatic hydroxyl groups is 1. The highest BCUT2D eigenvalue weighted by atomic mass is 16.5. The molecule has 7 heteroatoms. The second-order valence-electron chi connectivity index (χ2n) is 6.98. The number of ether oxygens (including phenoxy) is 3. The summed E-state index contributed by atoms with van der Waals surface area (Å²) in [5.41, 5.74) is 3.02. The molecule has 2 aliphatic heterocycles. The average molecular weight is 359 g/mol. The van der Waals surface area contributed by atoms with Crippen LogP contribution in [0.15, 0.2) is 24.4 Å². The summed E-state index contributed by atoms with van der Waals surface area (Å²) in [5, 5.41) is 14.7. The Morgan fingerprint density at radius 1 is 1.23 bits per heavy atom. The lowest BCUT2D eigenvalue weighted by Gasteiger charge is -2.25. The lowest BCUT2D eigenvalue weighted by molar-refractivity contribution is 0.0926. The molecule has 1 N–H and O–H groups in total. The molecular weight excluding hydrogens is 334 g/mol. The van der Waals surface area contributed by atoms with Gasteiger partial charge in [0.25, 0.3) is 0 Å². The van der Waals surface area contributed by atoms with E-state index in [4.69, 9.17) is 14.2 Å². The molecule has 2 aromatic rings. The van der Waals surface area contributed by atoms with Crippen LogP contribution in [0.2, 0.25) is 0 Å². The molecule has 0 spiro atoms. The first kappa shape index (κ1) is 17.3. The average Bonchev–Trinajstić information content (AvgIpc) is 3.12. The van der Waals surface area contributed by atoms with Crippen molar-refractivity contribution in [2.24, 2.45) is 7.05 Å². The van der Waals surface area contributed by atoms with Gasteiger partial charge in [-0.15, -0.1) is 0 Å². The molecule has 2 atom stereocenters. The summed E-state index contributed by atoms with van der Waals surface area (Å²) in [7, 11) is 3.93. The van der Waals surface area contributed by atoms with Crippen LogP contribution >= 0.6 is 0 Å². The van der Waals surface area contributed by atoms with Crippen LogP contribution in [0.1, 0.15) is 12.0 Å². The number of aryl methyl sites for hydroxylation is 1. The lowest BCUT2D eigenvalue weighted by atomic mass is 10.1. The summed E-state index contributed by atoms with van der Waals surface area (Å²) in [4.78, 5) is 2.13. The van der Waals surface area contributed by atoms with E-state index >= 15 is 0 Å². The van der Waals surface area contributed by atoms with Crippen LogP contribution in [0.5, 0.6) is 11.5 Å². The largest absolute Gasteiger partial charge is 0.490 e. The first-order valence-electron chi connectivity index (χ1n) is 9.00. The number of nitrogens with zero attached hydrogens (tertiary/aromatic N) is 3. The third-order valence-electron chi connectivity index (χ3n) is 4.93. The van der Waals surface area contributed by atoms with E-state index in [1.54, 1.807) is 0 Å². The quantitative estimate of drug-likeness (QED) is 0.891. The van der Waals surface area contributed by atoms with Gasteiger partial charge in [0.05, 0.1) is 44.3 Å². The second kappa shape index (κ2) is 7.26. The number of likely N-dealkylation sites (N-methyl/N-ethyl adjacent to an activating group) is 1. The fourth-order valence-corrected chi connectivity index (χ4v) is 3.55. The molecule has 0 aliphatic carbocycles. The third-order valence-corrected chi connectivity index (χ3v) is 4.93. The molecule has 140 valence electrons. The van der Waals surface area contributed by atoms with Gasteiger partial charge in [-0.05, 0) is 25.2 Å². The molecule has 0 unspecified atom stereocenters. The van der Waals surface area contributed by atoms with Crippen LogP contribution in [0.25, 0.3) is 11.3 Å². The van der Waals surface area contributed by atoms with Crippen molar-refractivity contribution in [2.45, 2.75) is 25.1 Å². The van der Waals surface area contributed by atoms with Crippen molar-refractivity contribution in [3.05, 3.63) is 30.0 Å². The van der Waals surface area contributed by atoms with Crippen molar-refractivity contribution in [1.82, 2.24) is 14.7 Å². The Kier molecular flexibility index (Phi) is 4.84. The van der Waals surface area contributed by atoms with Crippen molar-refractivity contribution in [3.8, 4) is 22.8 Å². The van der Waals surface area contributed by atoms with Crippen molar-refractivity contribution in [3.63, 3.8) is 0 Å². The molecule has 0 amide bonds. The predicted molar refractivity (Wildman–Crippen MR) is 96.3 cm³/mol. The smallest absolute Gasteiger partial charge is 0.161 e. The summed E-state index contributed by atoms with van der Waals surface area (Å²) < 4.78 is 18.7. The lowest BCUT2D eigenvalue weighted by Crippen LogP contribution is -2.39.